The number of nitrogens with zero attached hydrogens (tertiary/aromatic N) is 7. The third kappa shape index (κ3) is 4.99. The predicted octanol–water partition coefficient (Wildman–Crippen LogP) is 3.06. The molecule has 2 aliphatic rings. The van der Waals surface area contributed by atoms with Crippen molar-refractivity contribution in [2.24, 2.45) is 7.05 Å². The molecule has 35 heavy (non-hydrogen) atoms. The lowest BCUT2D eigenvalue weighted by Crippen LogP contribution is -2.49. The summed E-state index contributed by atoms with van der Waals surface area (Å²) >= 11 is 6.39. The van der Waals surface area contributed by atoms with Crippen LogP contribution in [0.4, 0.5) is 11.6 Å². The Labute approximate surface area is 211 Å². The Morgan fingerprint density at radius 3 is 2.26 bits per heavy atom. The van der Waals surface area contributed by atoms with Crippen molar-refractivity contribution >= 4 is 29.1 Å². The minimum atomic E-state index is 0.0963. The first-order valence-corrected chi connectivity index (χ1v) is 12.6. The molecule has 0 saturated carbocycles. The Hall–Kier alpha value is -3.10. The van der Waals surface area contributed by atoms with Gasteiger partial charge in [0.1, 0.15) is 5.69 Å². The molecule has 3 aromatic rings. The molecule has 2 aliphatic heterocycles. The molecule has 4 heterocycles. The zero-order valence-corrected chi connectivity index (χ0v) is 21.2. The van der Waals surface area contributed by atoms with Crippen molar-refractivity contribution in [3.05, 3.63) is 70.8 Å². The van der Waals surface area contributed by atoms with Gasteiger partial charge in [0, 0.05) is 84.0 Å². The molecule has 8 nitrogen and oxygen atoms in total. The molecule has 2 aromatic heterocycles. The van der Waals surface area contributed by atoms with Crippen LogP contribution in [0.3, 0.4) is 0 Å². The highest BCUT2D eigenvalue weighted by Gasteiger charge is 2.27. The van der Waals surface area contributed by atoms with Crippen LogP contribution >= 0.6 is 11.6 Å². The fourth-order valence-electron chi connectivity index (χ4n) is 4.95. The zero-order valence-electron chi connectivity index (χ0n) is 20.4. The van der Waals surface area contributed by atoms with Gasteiger partial charge in [0.15, 0.2) is 0 Å². The van der Waals surface area contributed by atoms with Gasteiger partial charge >= 0.3 is 0 Å². The predicted molar refractivity (Wildman–Crippen MR) is 139 cm³/mol. The van der Waals surface area contributed by atoms with E-state index in [-0.39, 0.29) is 5.91 Å². The summed E-state index contributed by atoms with van der Waals surface area (Å²) in [4.78, 5) is 30.9. The van der Waals surface area contributed by atoms with Gasteiger partial charge in [-0.05, 0) is 36.8 Å². The number of amides is 1. The number of aromatic nitrogens is 3. The first-order chi connectivity index (χ1) is 17.0. The van der Waals surface area contributed by atoms with Gasteiger partial charge in [-0.1, -0.05) is 23.7 Å². The average Bonchev–Trinajstić information content (AvgIpc) is 3.18. The molecule has 0 aliphatic carbocycles. The summed E-state index contributed by atoms with van der Waals surface area (Å²) in [5, 5.41) is 0.806. The largest absolute Gasteiger partial charge is 0.368 e. The lowest BCUT2D eigenvalue weighted by atomic mass is 10.2. The number of piperazine rings is 2. The van der Waals surface area contributed by atoms with Crippen molar-refractivity contribution in [2.75, 3.05) is 62.2 Å². The summed E-state index contributed by atoms with van der Waals surface area (Å²) in [6.45, 7) is 9.58. The number of benzene rings is 1. The smallest absolute Gasteiger partial charge is 0.270 e. The Balaban J connectivity index is 1.19. The van der Waals surface area contributed by atoms with E-state index in [0.29, 0.717) is 13.1 Å². The van der Waals surface area contributed by atoms with Crippen molar-refractivity contribution in [1.29, 1.82) is 0 Å². The molecule has 1 aromatic carbocycles. The summed E-state index contributed by atoms with van der Waals surface area (Å²) in [7, 11) is 2.00. The van der Waals surface area contributed by atoms with E-state index in [4.69, 9.17) is 11.6 Å². The molecule has 184 valence electrons. The molecule has 2 saturated heterocycles. The number of carbonyl (C=O) groups excluding carboxylic acids is 1. The van der Waals surface area contributed by atoms with Crippen molar-refractivity contribution in [3.8, 4) is 0 Å². The first-order valence-electron chi connectivity index (χ1n) is 12.2. The highest BCUT2D eigenvalue weighted by molar-refractivity contribution is 6.33. The van der Waals surface area contributed by atoms with E-state index >= 15 is 0 Å². The van der Waals surface area contributed by atoms with Gasteiger partial charge in [-0.15, -0.1) is 0 Å². The van der Waals surface area contributed by atoms with E-state index < -0.39 is 0 Å². The first kappa shape index (κ1) is 23.6. The number of rotatable bonds is 5. The lowest BCUT2D eigenvalue weighted by molar-refractivity contribution is 0.0736. The molecular formula is C26H32ClN7O. The van der Waals surface area contributed by atoms with Crippen molar-refractivity contribution in [3.63, 3.8) is 0 Å². The van der Waals surface area contributed by atoms with Crippen LogP contribution in [0, 0.1) is 6.92 Å². The summed E-state index contributed by atoms with van der Waals surface area (Å²) in [6.07, 6.45) is 3.51. The van der Waals surface area contributed by atoms with E-state index in [1.54, 1.807) is 12.4 Å². The minimum absolute atomic E-state index is 0.0963. The van der Waals surface area contributed by atoms with Crippen molar-refractivity contribution in [2.45, 2.75) is 13.5 Å². The highest BCUT2D eigenvalue weighted by Crippen LogP contribution is 2.27. The van der Waals surface area contributed by atoms with Gasteiger partial charge in [-0.3, -0.25) is 9.69 Å². The summed E-state index contributed by atoms with van der Waals surface area (Å²) < 4.78 is 2.05. The third-order valence-electron chi connectivity index (χ3n) is 7.22. The second-order valence-electron chi connectivity index (χ2n) is 9.24. The molecule has 0 bridgehead atoms. The van der Waals surface area contributed by atoms with Crippen LogP contribution in [0.15, 0.2) is 48.8 Å². The number of anilines is 2. The van der Waals surface area contributed by atoms with E-state index in [1.807, 2.05) is 40.8 Å². The second kappa shape index (κ2) is 10.3. The van der Waals surface area contributed by atoms with Crippen LogP contribution in [0.5, 0.6) is 0 Å². The lowest BCUT2D eigenvalue weighted by Gasteiger charge is -2.36. The molecule has 9 heteroatoms. The highest BCUT2D eigenvalue weighted by atomic mass is 35.5. The summed E-state index contributed by atoms with van der Waals surface area (Å²) in [5.41, 5.74) is 4.24. The maximum atomic E-state index is 13.4. The van der Waals surface area contributed by atoms with Gasteiger partial charge in [0.25, 0.3) is 5.91 Å². The molecular weight excluding hydrogens is 462 g/mol. The van der Waals surface area contributed by atoms with Crippen LogP contribution in [0.1, 0.15) is 21.7 Å². The zero-order chi connectivity index (χ0) is 24.4. The quantitative estimate of drug-likeness (QED) is 0.544. The molecule has 1 amide bonds. The van der Waals surface area contributed by atoms with Crippen molar-refractivity contribution in [1.82, 2.24) is 24.3 Å². The van der Waals surface area contributed by atoms with Crippen LogP contribution in [-0.2, 0) is 13.6 Å². The molecule has 0 spiro atoms. The van der Waals surface area contributed by atoms with E-state index in [9.17, 15) is 4.79 Å². The Morgan fingerprint density at radius 1 is 0.914 bits per heavy atom. The van der Waals surface area contributed by atoms with Crippen LogP contribution in [-0.4, -0.2) is 82.6 Å². The molecule has 0 unspecified atom stereocenters. The Bertz CT molecular complexity index is 1170. The maximum absolute atomic E-state index is 13.4. The molecule has 2 fully saturated rings. The van der Waals surface area contributed by atoms with E-state index in [2.05, 4.69) is 43.7 Å². The third-order valence-corrected chi connectivity index (χ3v) is 7.54. The number of halogens is 1. The van der Waals surface area contributed by atoms with Crippen LogP contribution < -0.4 is 9.80 Å². The average molecular weight is 494 g/mol. The van der Waals surface area contributed by atoms with Crippen LogP contribution in [0.25, 0.3) is 0 Å². The normalized spacial score (nSPS) is 17.2. The number of carbonyl (C=O) groups is 1. The number of para-hydroxylation sites is 1. The van der Waals surface area contributed by atoms with Gasteiger partial charge < -0.3 is 19.3 Å². The summed E-state index contributed by atoms with van der Waals surface area (Å²) in [5.74, 6) is 0.824. The topological polar surface area (TPSA) is 60.7 Å². The minimum Gasteiger partial charge on any atom is -0.368 e. The Kier molecular flexibility index (Phi) is 6.92. The van der Waals surface area contributed by atoms with Gasteiger partial charge in [-0.2, -0.15) is 0 Å². The molecule has 0 radical (unpaired) electrons. The standard InChI is InChI=1S/C26H32ClN7O/c1-20-21(19-31-10-12-32(13-11-31)23-7-4-3-6-22(23)27)18-24(30(20)2)25(35)33-14-16-34(17-15-33)26-28-8-5-9-29-26/h3-9,18H,10-17,19H2,1-2H3. The van der Waals surface area contributed by atoms with Crippen molar-refractivity contribution < 1.29 is 4.79 Å². The number of hydrogen-bond donors (Lipinski definition) is 0. The van der Waals surface area contributed by atoms with Crippen LogP contribution in [0.2, 0.25) is 5.02 Å². The fourth-order valence-corrected chi connectivity index (χ4v) is 5.20. The van der Waals surface area contributed by atoms with Gasteiger partial charge in [0.05, 0.1) is 10.7 Å². The van der Waals surface area contributed by atoms with Gasteiger partial charge in [-0.25, -0.2) is 9.97 Å². The monoisotopic (exact) mass is 493 g/mol. The summed E-state index contributed by atoms with van der Waals surface area (Å²) in [6, 6.07) is 11.9. The van der Waals surface area contributed by atoms with E-state index in [1.165, 1.54) is 5.56 Å². The Morgan fingerprint density at radius 2 is 1.57 bits per heavy atom. The molecule has 5 rings (SSSR count). The molecule has 0 atom stereocenters. The second-order valence-corrected chi connectivity index (χ2v) is 9.65. The fraction of sp³-hybridized carbons (Fsp3) is 0.423. The maximum Gasteiger partial charge on any atom is 0.270 e. The SMILES string of the molecule is Cc1c(CN2CCN(c3ccccc3Cl)CC2)cc(C(=O)N2CCN(c3ncccn3)CC2)n1C. The van der Waals surface area contributed by atoms with Gasteiger partial charge in [0.2, 0.25) is 5.95 Å². The molecule has 0 N–H and O–H groups in total. The number of hydrogen-bond acceptors (Lipinski definition) is 6. The van der Waals surface area contributed by atoms with E-state index in [0.717, 1.165) is 73.9 Å².